The maximum atomic E-state index is 13.4. The summed E-state index contributed by atoms with van der Waals surface area (Å²) in [7, 11) is 1.82. The van der Waals surface area contributed by atoms with Gasteiger partial charge in [-0.1, -0.05) is 6.07 Å². The number of hydrogen-bond donors (Lipinski definition) is 2. The number of hydrogen-bond acceptors (Lipinski definition) is 3. The lowest BCUT2D eigenvalue weighted by Gasteiger charge is -2.25. The summed E-state index contributed by atoms with van der Waals surface area (Å²) < 4.78 is 15.1. The topological polar surface area (TPSA) is 50.1 Å². The molecule has 5 heteroatoms. The number of nitrogens with zero attached hydrogens (tertiary/aromatic N) is 2. The van der Waals surface area contributed by atoms with Crippen molar-refractivity contribution in [1.29, 1.82) is 0 Å². The molecule has 0 amide bonds. The van der Waals surface area contributed by atoms with E-state index in [4.69, 9.17) is 0 Å². The number of benzene rings is 1. The van der Waals surface area contributed by atoms with Gasteiger partial charge in [-0.15, -0.1) is 0 Å². The van der Waals surface area contributed by atoms with E-state index in [1.54, 1.807) is 23.9 Å². The molecule has 2 atom stereocenters. The third-order valence-corrected chi connectivity index (χ3v) is 4.21. The summed E-state index contributed by atoms with van der Waals surface area (Å²) >= 11 is 0. The van der Waals surface area contributed by atoms with Gasteiger partial charge in [-0.3, -0.25) is 4.68 Å². The Balaban J connectivity index is 1.71. The molecular weight excluding hydrogens is 269 g/mol. The summed E-state index contributed by atoms with van der Waals surface area (Å²) in [6.45, 7) is 2.16. The van der Waals surface area contributed by atoms with Crippen LogP contribution in [-0.2, 0) is 19.1 Å². The van der Waals surface area contributed by atoms with Crippen molar-refractivity contribution in [1.82, 2.24) is 15.1 Å². The minimum Gasteiger partial charge on any atom is -0.384 e. The Morgan fingerprint density at radius 3 is 3.05 bits per heavy atom. The first-order chi connectivity index (χ1) is 9.95. The molecule has 21 heavy (non-hydrogen) atoms. The molecule has 0 fully saturated rings. The fourth-order valence-electron chi connectivity index (χ4n) is 2.91. The molecule has 1 aliphatic carbocycles. The third kappa shape index (κ3) is 2.84. The summed E-state index contributed by atoms with van der Waals surface area (Å²) in [5.74, 6) is -0.207. The number of aromatic nitrogens is 2. The van der Waals surface area contributed by atoms with E-state index in [0.29, 0.717) is 6.54 Å². The third-order valence-electron chi connectivity index (χ3n) is 4.21. The minimum atomic E-state index is -0.996. The van der Waals surface area contributed by atoms with E-state index in [0.717, 1.165) is 24.0 Å². The number of aryl methyl sites for hydroxylation is 2. The summed E-state index contributed by atoms with van der Waals surface area (Å²) in [4.78, 5) is 0. The molecule has 4 nitrogen and oxygen atoms in total. The first-order valence-electron chi connectivity index (χ1n) is 7.19. The van der Waals surface area contributed by atoms with Gasteiger partial charge < -0.3 is 10.4 Å². The molecule has 2 unspecified atom stereocenters. The van der Waals surface area contributed by atoms with Crippen molar-refractivity contribution < 1.29 is 9.50 Å². The summed E-state index contributed by atoms with van der Waals surface area (Å²) in [5.41, 5.74) is 1.98. The van der Waals surface area contributed by atoms with Crippen molar-refractivity contribution in [2.75, 3.05) is 6.54 Å². The van der Waals surface area contributed by atoms with Gasteiger partial charge in [-0.25, -0.2) is 4.39 Å². The molecule has 2 N–H and O–H groups in total. The van der Waals surface area contributed by atoms with Crippen LogP contribution in [0.3, 0.4) is 0 Å². The van der Waals surface area contributed by atoms with Crippen molar-refractivity contribution in [2.45, 2.75) is 31.4 Å². The normalized spacial score (nSPS) is 20.3. The second-order valence-electron chi connectivity index (χ2n) is 5.99. The van der Waals surface area contributed by atoms with Crippen LogP contribution < -0.4 is 5.32 Å². The van der Waals surface area contributed by atoms with E-state index in [-0.39, 0.29) is 11.9 Å². The first-order valence-corrected chi connectivity index (χ1v) is 7.19. The fraction of sp³-hybridized carbons (Fsp3) is 0.438. The molecule has 1 aromatic carbocycles. The molecule has 0 spiro atoms. The summed E-state index contributed by atoms with van der Waals surface area (Å²) in [5, 5.41) is 18.0. The van der Waals surface area contributed by atoms with Gasteiger partial charge in [0.15, 0.2) is 0 Å². The second kappa shape index (κ2) is 5.24. The molecule has 1 heterocycles. The highest BCUT2D eigenvalue weighted by molar-refractivity contribution is 5.35. The van der Waals surface area contributed by atoms with Crippen LogP contribution in [0, 0.1) is 5.82 Å². The predicted octanol–water partition coefficient (Wildman–Crippen LogP) is 2.04. The van der Waals surface area contributed by atoms with Crippen LogP contribution in [0.15, 0.2) is 30.6 Å². The Bertz CT molecular complexity index is 651. The minimum absolute atomic E-state index is 0.0962. The molecule has 1 aliphatic rings. The van der Waals surface area contributed by atoms with E-state index in [9.17, 15) is 9.50 Å². The summed E-state index contributed by atoms with van der Waals surface area (Å²) in [6, 6.07) is 5.05. The van der Waals surface area contributed by atoms with E-state index < -0.39 is 5.60 Å². The van der Waals surface area contributed by atoms with Gasteiger partial charge in [0.25, 0.3) is 0 Å². The van der Waals surface area contributed by atoms with Crippen LogP contribution in [0.25, 0.3) is 0 Å². The Kier molecular flexibility index (Phi) is 3.55. The van der Waals surface area contributed by atoms with Crippen LogP contribution in [0.1, 0.15) is 36.1 Å². The van der Waals surface area contributed by atoms with Crippen LogP contribution in [-0.4, -0.2) is 21.4 Å². The largest absolute Gasteiger partial charge is 0.384 e. The average molecular weight is 289 g/mol. The molecular formula is C16H20FN3O. The second-order valence-corrected chi connectivity index (χ2v) is 5.99. The van der Waals surface area contributed by atoms with Crippen molar-refractivity contribution in [3.05, 3.63) is 53.1 Å². The molecule has 1 aromatic heterocycles. The maximum absolute atomic E-state index is 13.4. The average Bonchev–Trinajstić information content (AvgIpc) is 3.03. The van der Waals surface area contributed by atoms with Gasteiger partial charge in [0.2, 0.25) is 0 Å². The molecule has 0 aliphatic heterocycles. The molecule has 0 radical (unpaired) electrons. The van der Waals surface area contributed by atoms with Gasteiger partial charge in [0.1, 0.15) is 11.4 Å². The smallest absolute Gasteiger partial charge is 0.123 e. The first kappa shape index (κ1) is 14.2. The molecule has 112 valence electrons. The van der Waals surface area contributed by atoms with Gasteiger partial charge in [0.05, 0.1) is 6.20 Å². The number of aliphatic hydroxyl groups is 1. The van der Waals surface area contributed by atoms with Gasteiger partial charge >= 0.3 is 0 Å². The lowest BCUT2D eigenvalue weighted by molar-refractivity contribution is 0.0537. The van der Waals surface area contributed by atoms with E-state index in [1.807, 2.05) is 19.3 Å². The molecule has 0 saturated carbocycles. The van der Waals surface area contributed by atoms with Crippen LogP contribution in [0.4, 0.5) is 4.39 Å². The van der Waals surface area contributed by atoms with Crippen LogP contribution in [0.2, 0.25) is 0 Å². The lowest BCUT2D eigenvalue weighted by Crippen LogP contribution is -2.36. The maximum Gasteiger partial charge on any atom is 0.123 e. The van der Waals surface area contributed by atoms with Crippen LogP contribution in [0.5, 0.6) is 0 Å². The highest BCUT2D eigenvalue weighted by atomic mass is 19.1. The van der Waals surface area contributed by atoms with E-state index >= 15 is 0 Å². The molecule has 3 rings (SSSR count). The molecule has 2 aromatic rings. The monoisotopic (exact) mass is 289 g/mol. The van der Waals surface area contributed by atoms with Gasteiger partial charge in [0, 0.05) is 31.4 Å². The Morgan fingerprint density at radius 1 is 1.52 bits per heavy atom. The standard InChI is InChI=1S/C16H20FN3O/c1-16(21,12-8-19-20(2)9-12)10-18-15-6-4-11-3-5-13(17)7-14(11)15/h3,5,7-9,15,18,21H,4,6,10H2,1-2H3. The number of halogens is 1. The quantitative estimate of drug-likeness (QED) is 0.905. The fourth-order valence-corrected chi connectivity index (χ4v) is 2.91. The predicted molar refractivity (Wildman–Crippen MR) is 78.2 cm³/mol. The Morgan fingerprint density at radius 2 is 2.33 bits per heavy atom. The summed E-state index contributed by atoms with van der Waals surface area (Å²) in [6.07, 6.45) is 5.36. The number of fused-ring (bicyclic) bond motifs is 1. The molecule has 0 saturated heterocycles. The van der Waals surface area contributed by atoms with Gasteiger partial charge in [-0.2, -0.15) is 5.10 Å². The zero-order valence-electron chi connectivity index (χ0n) is 12.3. The molecule has 0 bridgehead atoms. The van der Waals surface area contributed by atoms with Crippen LogP contribution >= 0.6 is 0 Å². The van der Waals surface area contributed by atoms with Crippen molar-refractivity contribution in [2.24, 2.45) is 7.05 Å². The SMILES string of the molecule is Cn1cc(C(C)(O)CNC2CCc3ccc(F)cc32)cn1. The highest BCUT2D eigenvalue weighted by Crippen LogP contribution is 2.32. The number of rotatable bonds is 4. The van der Waals surface area contributed by atoms with Crippen molar-refractivity contribution in [3.63, 3.8) is 0 Å². The lowest BCUT2D eigenvalue weighted by atomic mass is 9.98. The number of nitrogens with one attached hydrogen (secondary N) is 1. The van der Waals surface area contributed by atoms with Crippen molar-refractivity contribution >= 4 is 0 Å². The van der Waals surface area contributed by atoms with E-state index in [1.165, 1.54) is 11.6 Å². The van der Waals surface area contributed by atoms with Gasteiger partial charge in [-0.05, 0) is 43.0 Å². The zero-order chi connectivity index (χ0) is 15.0. The highest BCUT2D eigenvalue weighted by Gasteiger charge is 2.28. The zero-order valence-corrected chi connectivity index (χ0v) is 12.3. The van der Waals surface area contributed by atoms with E-state index in [2.05, 4.69) is 10.4 Å². The Hall–Kier alpha value is -1.72. The van der Waals surface area contributed by atoms with Crippen molar-refractivity contribution in [3.8, 4) is 0 Å². The Labute approximate surface area is 123 Å².